The summed E-state index contributed by atoms with van der Waals surface area (Å²) >= 11 is 0. The van der Waals surface area contributed by atoms with Crippen LogP contribution in [0.4, 0.5) is 4.39 Å². The third kappa shape index (κ3) is 5.03. The molecule has 0 N–H and O–H groups in total. The van der Waals surface area contributed by atoms with Crippen LogP contribution in [0.5, 0.6) is 0 Å². The highest BCUT2D eigenvalue weighted by molar-refractivity contribution is 5.94. The highest BCUT2D eigenvalue weighted by atomic mass is 19.1. The van der Waals surface area contributed by atoms with Crippen molar-refractivity contribution >= 4 is 16.9 Å². The molecule has 1 amide bonds. The number of carbonyl (C=O) groups excluding carboxylic acids is 1. The van der Waals surface area contributed by atoms with E-state index in [-0.39, 0.29) is 11.7 Å². The molecule has 0 atom stereocenters. The molecule has 3 rings (SSSR count). The number of hydrogen-bond acceptors (Lipinski definition) is 2. The van der Waals surface area contributed by atoms with Crippen LogP contribution in [0.1, 0.15) is 61.3 Å². The van der Waals surface area contributed by atoms with E-state index in [4.69, 9.17) is 0 Å². The van der Waals surface area contributed by atoms with Gasteiger partial charge in [0.1, 0.15) is 11.6 Å². The van der Waals surface area contributed by atoms with Crippen LogP contribution in [0.2, 0.25) is 0 Å². The van der Waals surface area contributed by atoms with Gasteiger partial charge in [-0.1, -0.05) is 44.4 Å². The van der Waals surface area contributed by atoms with E-state index in [0.717, 1.165) is 49.1 Å². The number of imidazole rings is 1. The van der Waals surface area contributed by atoms with Gasteiger partial charge < -0.3 is 9.47 Å². The Kier molecular flexibility index (Phi) is 7.02. The van der Waals surface area contributed by atoms with Crippen LogP contribution in [0, 0.1) is 12.7 Å². The maximum absolute atomic E-state index is 13.7. The van der Waals surface area contributed by atoms with Gasteiger partial charge in [0.2, 0.25) is 0 Å². The Morgan fingerprint density at radius 3 is 2.66 bits per heavy atom. The molecule has 0 radical (unpaired) electrons. The summed E-state index contributed by atoms with van der Waals surface area (Å²) in [7, 11) is 0. The van der Waals surface area contributed by atoms with Gasteiger partial charge in [-0.3, -0.25) is 4.79 Å². The molecule has 29 heavy (non-hydrogen) atoms. The second kappa shape index (κ2) is 9.68. The number of aryl methyl sites for hydroxylation is 2. The summed E-state index contributed by atoms with van der Waals surface area (Å²) in [6.07, 6.45) is 4.07. The summed E-state index contributed by atoms with van der Waals surface area (Å²) in [6, 6.07) is 12.4. The Bertz CT molecular complexity index is 979. The Morgan fingerprint density at radius 1 is 1.10 bits per heavy atom. The molecule has 0 fully saturated rings. The molecule has 0 saturated heterocycles. The summed E-state index contributed by atoms with van der Waals surface area (Å²) in [4.78, 5) is 19.8. The summed E-state index contributed by atoms with van der Waals surface area (Å²) in [5, 5.41) is 0. The van der Waals surface area contributed by atoms with Crippen molar-refractivity contribution in [3.05, 3.63) is 65.2 Å². The molecule has 154 valence electrons. The fourth-order valence-electron chi connectivity index (χ4n) is 3.68. The number of unbranched alkanes of at least 4 members (excludes halogenated alkanes) is 2. The molecule has 0 saturated carbocycles. The lowest BCUT2D eigenvalue weighted by atomic mass is 10.1. The van der Waals surface area contributed by atoms with Crippen molar-refractivity contribution in [1.82, 2.24) is 14.5 Å². The van der Waals surface area contributed by atoms with E-state index in [2.05, 4.69) is 23.4 Å². The van der Waals surface area contributed by atoms with Crippen molar-refractivity contribution < 1.29 is 9.18 Å². The Hall–Kier alpha value is -2.69. The first-order valence-corrected chi connectivity index (χ1v) is 10.5. The van der Waals surface area contributed by atoms with E-state index < -0.39 is 0 Å². The zero-order valence-electron chi connectivity index (χ0n) is 17.6. The molecular formula is C24H30FN3O. The summed E-state index contributed by atoms with van der Waals surface area (Å²) in [5.41, 5.74) is 3.33. The minimum absolute atomic E-state index is 0.0195. The maximum Gasteiger partial charge on any atom is 0.254 e. The Labute approximate surface area is 172 Å². The van der Waals surface area contributed by atoms with Crippen LogP contribution in [-0.4, -0.2) is 26.9 Å². The summed E-state index contributed by atoms with van der Waals surface area (Å²) in [6.45, 7) is 8.15. The van der Waals surface area contributed by atoms with Gasteiger partial charge in [0, 0.05) is 24.7 Å². The van der Waals surface area contributed by atoms with E-state index >= 15 is 0 Å². The standard InChI is InChI=1S/C24H30FN3O/c1-4-6-7-14-27(24(29)19-10-8-9-18(3)15-19)17-23-26-21-16-20(25)11-12-22(21)28(23)13-5-2/h8-12,15-16H,4-7,13-14,17H2,1-3H3. The minimum Gasteiger partial charge on any atom is -0.331 e. The number of halogens is 1. The normalized spacial score (nSPS) is 11.2. The van der Waals surface area contributed by atoms with Crippen LogP contribution in [0.3, 0.4) is 0 Å². The Balaban J connectivity index is 1.94. The summed E-state index contributed by atoms with van der Waals surface area (Å²) < 4.78 is 15.8. The van der Waals surface area contributed by atoms with Gasteiger partial charge in [0.15, 0.2) is 0 Å². The SMILES string of the molecule is CCCCCN(Cc1nc2cc(F)ccc2n1CCC)C(=O)c1cccc(C)c1. The average molecular weight is 396 g/mol. The predicted octanol–water partition coefficient (Wildman–Crippen LogP) is 5.73. The number of rotatable bonds is 9. The first-order valence-electron chi connectivity index (χ1n) is 10.5. The second-order valence-electron chi connectivity index (χ2n) is 7.62. The van der Waals surface area contributed by atoms with Crippen LogP contribution < -0.4 is 0 Å². The molecule has 1 heterocycles. The van der Waals surface area contributed by atoms with Gasteiger partial charge in [-0.25, -0.2) is 9.37 Å². The molecule has 3 aromatic rings. The van der Waals surface area contributed by atoms with Crippen molar-refractivity contribution in [3.63, 3.8) is 0 Å². The van der Waals surface area contributed by atoms with E-state index in [1.54, 1.807) is 6.07 Å². The van der Waals surface area contributed by atoms with Crippen molar-refractivity contribution in [1.29, 1.82) is 0 Å². The molecule has 0 aliphatic rings. The smallest absolute Gasteiger partial charge is 0.254 e. The van der Waals surface area contributed by atoms with Gasteiger partial charge in [-0.2, -0.15) is 0 Å². The number of fused-ring (bicyclic) bond motifs is 1. The number of carbonyl (C=O) groups is 1. The van der Waals surface area contributed by atoms with Crippen molar-refractivity contribution in [2.75, 3.05) is 6.54 Å². The van der Waals surface area contributed by atoms with Gasteiger partial charge >= 0.3 is 0 Å². The summed E-state index contributed by atoms with van der Waals surface area (Å²) in [5.74, 6) is 0.539. The lowest BCUT2D eigenvalue weighted by molar-refractivity contribution is 0.0734. The van der Waals surface area contributed by atoms with Crippen LogP contribution in [-0.2, 0) is 13.1 Å². The molecule has 5 heteroatoms. The van der Waals surface area contributed by atoms with E-state index in [0.29, 0.717) is 24.2 Å². The number of amides is 1. The zero-order valence-corrected chi connectivity index (χ0v) is 17.6. The topological polar surface area (TPSA) is 38.1 Å². The number of benzene rings is 2. The molecule has 0 bridgehead atoms. The molecule has 0 aliphatic carbocycles. The minimum atomic E-state index is -0.291. The van der Waals surface area contributed by atoms with Gasteiger partial charge in [0.05, 0.1) is 17.6 Å². The average Bonchev–Trinajstić information content (AvgIpc) is 3.03. The maximum atomic E-state index is 13.7. The lowest BCUT2D eigenvalue weighted by Gasteiger charge is -2.23. The van der Waals surface area contributed by atoms with E-state index in [1.807, 2.05) is 36.1 Å². The lowest BCUT2D eigenvalue weighted by Crippen LogP contribution is -2.32. The van der Waals surface area contributed by atoms with Gasteiger partial charge in [-0.05, 0) is 44.0 Å². The third-order valence-electron chi connectivity index (χ3n) is 5.15. The third-order valence-corrected chi connectivity index (χ3v) is 5.15. The second-order valence-corrected chi connectivity index (χ2v) is 7.62. The fraction of sp³-hybridized carbons (Fsp3) is 0.417. The molecule has 1 aromatic heterocycles. The quantitative estimate of drug-likeness (QED) is 0.434. The monoisotopic (exact) mass is 395 g/mol. The molecule has 4 nitrogen and oxygen atoms in total. The molecule has 0 aliphatic heterocycles. The highest BCUT2D eigenvalue weighted by Crippen LogP contribution is 2.21. The van der Waals surface area contributed by atoms with Crippen LogP contribution >= 0.6 is 0 Å². The number of hydrogen-bond donors (Lipinski definition) is 0. The highest BCUT2D eigenvalue weighted by Gasteiger charge is 2.20. The van der Waals surface area contributed by atoms with Gasteiger partial charge in [-0.15, -0.1) is 0 Å². The first kappa shape index (κ1) is 21.0. The zero-order chi connectivity index (χ0) is 20.8. The molecular weight excluding hydrogens is 365 g/mol. The van der Waals surface area contributed by atoms with Crippen molar-refractivity contribution in [2.24, 2.45) is 0 Å². The van der Waals surface area contributed by atoms with Crippen LogP contribution in [0.25, 0.3) is 11.0 Å². The first-order chi connectivity index (χ1) is 14.0. The van der Waals surface area contributed by atoms with E-state index in [1.165, 1.54) is 12.1 Å². The molecule has 0 unspecified atom stereocenters. The Morgan fingerprint density at radius 2 is 1.93 bits per heavy atom. The van der Waals surface area contributed by atoms with E-state index in [9.17, 15) is 9.18 Å². The number of aromatic nitrogens is 2. The largest absolute Gasteiger partial charge is 0.331 e. The van der Waals surface area contributed by atoms with Crippen molar-refractivity contribution in [2.45, 2.75) is 59.5 Å². The molecule has 0 spiro atoms. The predicted molar refractivity (Wildman–Crippen MR) is 115 cm³/mol. The fourth-order valence-corrected chi connectivity index (χ4v) is 3.68. The number of nitrogens with zero attached hydrogens (tertiary/aromatic N) is 3. The van der Waals surface area contributed by atoms with Gasteiger partial charge in [0.25, 0.3) is 5.91 Å². The van der Waals surface area contributed by atoms with Crippen LogP contribution in [0.15, 0.2) is 42.5 Å². The van der Waals surface area contributed by atoms with Crippen molar-refractivity contribution in [3.8, 4) is 0 Å². The molecule has 2 aromatic carbocycles.